The van der Waals surface area contributed by atoms with Crippen molar-refractivity contribution in [2.75, 3.05) is 26.3 Å². The summed E-state index contributed by atoms with van der Waals surface area (Å²) in [5.74, 6) is 0.558. The summed E-state index contributed by atoms with van der Waals surface area (Å²) in [5.41, 5.74) is 1.43. The molecule has 22 heavy (non-hydrogen) atoms. The molecule has 1 saturated carbocycles. The van der Waals surface area contributed by atoms with Gasteiger partial charge in [-0.25, -0.2) is 0 Å². The van der Waals surface area contributed by atoms with Gasteiger partial charge in [-0.2, -0.15) is 0 Å². The Hall–Kier alpha value is -1.17. The van der Waals surface area contributed by atoms with Crippen molar-refractivity contribution in [3.05, 3.63) is 39.9 Å². The zero-order valence-electron chi connectivity index (χ0n) is 12.6. The summed E-state index contributed by atoms with van der Waals surface area (Å²) in [6, 6.07) is 7.81. The quantitative estimate of drug-likeness (QED) is 0.631. The van der Waals surface area contributed by atoms with Crippen LogP contribution < -0.4 is 0 Å². The van der Waals surface area contributed by atoms with E-state index in [-0.39, 0.29) is 23.0 Å². The number of nitro benzene ring substituents is 1. The maximum Gasteiger partial charge on any atom is 0.269 e. The number of rotatable bonds is 3. The van der Waals surface area contributed by atoms with E-state index >= 15 is 0 Å². The molecule has 2 aliphatic rings. The van der Waals surface area contributed by atoms with E-state index in [1.165, 1.54) is 31.2 Å². The Kier molecular flexibility index (Phi) is 6.17. The largest absolute Gasteiger partial charge is 0.379 e. The third-order valence-electron chi connectivity index (χ3n) is 4.83. The van der Waals surface area contributed by atoms with Gasteiger partial charge in [0, 0.05) is 31.3 Å². The number of nitro groups is 1. The summed E-state index contributed by atoms with van der Waals surface area (Å²) in [6.07, 6.45) is 4.81. The molecular formula is C16H23ClN2O3. The van der Waals surface area contributed by atoms with E-state index in [0.29, 0.717) is 12.0 Å². The fourth-order valence-electron chi connectivity index (χ4n) is 3.59. The van der Waals surface area contributed by atoms with Gasteiger partial charge in [-0.3, -0.25) is 15.0 Å². The van der Waals surface area contributed by atoms with Crippen molar-refractivity contribution >= 4 is 18.1 Å². The van der Waals surface area contributed by atoms with Crippen LogP contribution in [0.4, 0.5) is 5.69 Å². The SMILES string of the molecule is Cl.O=[N+]([O-])c1ccc(C2CCC(N3CCOCC3)CC2)cc1. The molecule has 2 fully saturated rings. The van der Waals surface area contributed by atoms with Crippen LogP contribution in [0.5, 0.6) is 0 Å². The standard InChI is InChI=1S/C16H22N2O3.ClH/c19-18(20)16-7-3-14(4-8-16)13-1-5-15(6-2-13)17-9-11-21-12-10-17;/h3-4,7-8,13,15H,1-2,5-6,9-12H2;1H. The first kappa shape index (κ1) is 17.2. The van der Waals surface area contributed by atoms with Crippen LogP contribution in [0, 0.1) is 10.1 Å². The lowest BCUT2D eigenvalue weighted by molar-refractivity contribution is -0.384. The van der Waals surface area contributed by atoms with Crippen LogP contribution in [-0.2, 0) is 4.74 Å². The fourth-order valence-corrected chi connectivity index (χ4v) is 3.59. The number of benzene rings is 1. The van der Waals surface area contributed by atoms with Gasteiger partial charge in [0.15, 0.2) is 0 Å². The van der Waals surface area contributed by atoms with E-state index in [2.05, 4.69) is 4.90 Å². The van der Waals surface area contributed by atoms with Crippen LogP contribution in [-0.4, -0.2) is 42.2 Å². The van der Waals surface area contributed by atoms with Crippen molar-refractivity contribution < 1.29 is 9.66 Å². The van der Waals surface area contributed by atoms with E-state index in [4.69, 9.17) is 4.74 Å². The molecule has 0 N–H and O–H groups in total. The topological polar surface area (TPSA) is 55.6 Å². The van der Waals surface area contributed by atoms with Gasteiger partial charge in [0.25, 0.3) is 5.69 Å². The molecule has 1 aliphatic carbocycles. The lowest BCUT2D eigenvalue weighted by Gasteiger charge is -2.38. The first-order valence-corrected chi connectivity index (χ1v) is 7.80. The van der Waals surface area contributed by atoms with E-state index in [1.807, 2.05) is 12.1 Å². The van der Waals surface area contributed by atoms with Gasteiger partial charge in [-0.05, 0) is 37.2 Å². The van der Waals surface area contributed by atoms with Crippen LogP contribution in [0.2, 0.25) is 0 Å². The molecule has 1 heterocycles. The molecule has 0 aromatic heterocycles. The molecule has 1 aromatic rings. The maximum absolute atomic E-state index is 10.7. The second-order valence-corrected chi connectivity index (χ2v) is 6.00. The van der Waals surface area contributed by atoms with E-state index in [1.54, 1.807) is 12.1 Å². The van der Waals surface area contributed by atoms with Crippen LogP contribution in [0.1, 0.15) is 37.2 Å². The lowest BCUT2D eigenvalue weighted by atomic mass is 9.81. The minimum absolute atomic E-state index is 0. The summed E-state index contributed by atoms with van der Waals surface area (Å²) in [6.45, 7) is 3.85. The monoisotopic (exact) mass is 326 g/mol. The third kappa shape index (κ3) is 3.97. The third-order valence-corrected chi connectivity index (χ3v) is 4.83. The van der Waals surface area contributed by atoms with Crippen LogP contribution in [0.3, 0.4) is 0 Å². The Morgan fingerprint density at radius 3 is 2.18 bits per heavy atom. The van der Waals surface area contributed by atoms with Gasteiger partial charge < -0.3 is 4.74 Å². The molecule has 122 valence electrons. The predicted octanol–water partition coefficient (Wildman–Crippen LogP) is 3.38. The van der Waals surface area contributed by atoms with E-state index in [0.717, 1.165) is 26.3 Å². The lowest BCUT2D eigenvalue weighted by Crippen LogP contribution is -2.44. The van der Waals surface area contributed by atoms with Crippen molar-refractivity contribution in [3.63, 3.8) is 0 Å². The van der Waals surface area contributed by atoms with Crippen molar-refractivity contribution in [1.82, 2.24) is 4.90 Å². The molecule has 1 aliphatic heterocycles. The highest BCUT2D eigenvalue weighted by Gasteiger charge is 2.27. The molecule has 1 saturated heterocycles. The molecule has 0 atom stereocenters. The number of ether oxygens (including phenoxy) is 1. The normalized spacial score (nSPS) is 26.2. The number of hydrogen-bond acceptors (Lipinski definition) is 4. The molecule has 0 spiro atoms. The fraction of sp³-hybridized carbons (Fsp3) is 0.625. The summed E-state index contributed by atoms with van der Waals surface area (Å²) in [5, 5.41) is 10.7. The second-order valence-electron chi connectivity index (χ2n) is 6.00. The Balaban J connectivity index is 0.00000176. The summed E-state index contributed by atoms with van der Waals surface area (Å²) in [4.78, 5) is 12.9. The van der Waals surface area contributed by atoms with Gasteiger partial charge in [0.05, 0.1) is 18.1 Å². The van der Waals surface area contributed by atoms with Gasteiger partial charge in [0.1, 0.15) is 0 Å². The smallest absolute Gasteiger partial charge is 0.269 e. The Morgan fingerprint density at radius 2 is 1.64 bits per heavy atom. The molecule has 5 nitrogen and oxygen atoms in total. The molecule has 3 rings (SSSR count). The molecule has 6 heteroatoms. The van der Waals surface area contributed by atoms with Gasteiger partial charge in [-0.1, -0.05) is 12.1 Å². The predicted molar refractivity (Wildman–Crippen MR) is 87.7 cm³/mol. The van der Waals surface area contributed by atoms with E-state index in [9.17, 15) is 10.1 Å². The highest BCUT2D eigenvalue weighted by molar-refractivity contribution is 5.85. The average Bonchev–Trinajstić information content (AvgIpc) is 2.56. The summed E-state index contributed by atoms with van der Waals surface area (Å²) < 4.78 is 5.41. The Morgan fingerprint density at radius 1 is 1.05 bits per heavy atom. The van der Waals surface area contributed by atoms with Gasteiger partial charge >= 0.3 is 0 Å². The number of morpholine rings is 1. The first-order valence-electron chi connectivity index (χ1n) is 7.80. The Bertz CT molecular complexity index is 481. The number of hydrogen-bond donors (Lipinski definition) is 0. The minimum atomic E-state index is -0.334. The van der Waals surface area contributed by atoms with Crippen LogP contribution in [0.15, 0.2) is 24.3 Å². The highest BCUT2D eigenvalue weighted by atomic mass is 35.5. The van der Waals surface area contributed by atoms with Crippen LogP contribution in [0.25, 0.3) is 0 Å². The van der Waals surface area contributed by atoms with E-state index < -0.39 is 0 Å². The second kappa shape index (κ2) is 7.90. The van der Waals surface area contributed by atoms with Crippen molar-refractivity contribution in [1.29, 1.82) is 0 Å². The van der Waals surface area contributed by atoms with Crippen molar-refractivity contribution in [2.24, 2.45) is 0 Å². The molecule has 1 aromatic carbocycles. The zero-order valence-corrected chi connectivity index (χ0v) is 13.5. The van der Waals surface area contributed by atoms with Crippen molar-refractivity contribution in [3.8, 4) is 0 Å². The molecule has 0 unspecified atom stereocenters. The number of non-ortho nitro benzene ring substituents is 1. The molecule has 0 amide bonds. The van der Waals surface area contributed by atoms with Gasteiger partial charge in [-0.15, -0.1) is 12.4 Å². The number of nitrogens with zero attached hydrogens (tertiary/aromatic N) is 2. The van der Waals surface area contributed by atoms with Crippen molar-refractivity contribution in [2.45, 2.75) is 37.6 Å². The average molecular weight is 327 g/mol. The summed E-state index contributed by atoms with van der Waals surface area (Å²) >= 11 is 0. The summed E-state index contributed by atoms with van der Waals surface area (Å²) in [7, 11) is 0. The minimum Gasteiger partial charge on any atom is -0.379 e. The first-order chi connectivity index (χ1) is 10.2. The number of halogens is 1. The van der Waals surface area contributed by atoms with Crippen LogP contribution >= 0.6 is 12.4 Å². The molecular weight excluding hydrogens is 304 g/mol. The maximum atomic E-state index is 10.7. The molecule has 0 bridgehead atoms. The zero-order chi connectivity index (χ0) is 14.7. The molecule has 0 radical (unpaired) electrons. The highest BCUT2D eigenvalue weighted by Crippen LogP contribution is 2.35. The van der Waals surface area contributed by atoms with Gasteiger partial charge in [0.2, 0.25) is 0 Å². The Labute approximate surface area is 137 Å².